The van der Waals surface area contributed by atoms with Gasteiger partial charge in [0.05, 0.1) is 17.6 Å². The van der Waals surface area contributed by atoms with Crippen LogP contribution in [0.2, 0.25) is 0 Å². The van der Waals surface area contributed by atoms with E-state index in [2.05, 4.69) is 45.3 Å². The number of likely N-dealkylation sites (N-methyl/N-ethyl adjacent to an activating group) is 1. The Hall–Kier alpha value is -3.00. The van der Waals surface area contributed by atoms with Crippen LogP contribution in [0.4, 0.5) is 15.9 Å². The average Bonchev–Trinajstić information content (AvgIpc) is 3.25. The Balaban J connectivity index is 1.07. The Labute approximate surface area is 236 Å². The van der Waals surface area contributed by atoms with Gasteiger partial charge in [0, 0.05) is 38.0 Å². The van der Waals surface area contributed by atoms with E-state index in [0.717, 1.165) is 88.1 Å². The fourth-order valence-corrected chi connectivity index (χ4v) is 8.52. The summed E-state index contributed by atoms with van der Waals surface area (Å²) in [6.07, 6.45) is 8.49. The van der Waals surface area contributed by atoms with E-state index in [1.165, 1.54) is 5.56 Å². The van der Waals surface area contributed by atoms with Gasteiger partial charge in [0.1, 0.15) is 11.6 Å². The lowest BCUT2D eigenvalue weighted by molar-refractivity contribution is -0.116. The number of hydrogen-bond donors (Lipinski definition) is 2. The first-order valence-corrected chi connectivity index (χ1v) is 15.1. The zero-order chi connectivity index (χ0) is 27.9. The number of pyridine rings is 1. The minimum Gasteiger partial charge on any atom is -0.411 e. The number of carbonyl (C=O) groups is 1. The average molecular weight is 548 g/mol. The number of fused-ring (bicyclic) bond motifs is 5. The smallest absolute Gasteiger partial charge is 0.225 e. The van der Waals surface area contributed by atoms with E-state index < -0.39 is 0 Å². The number of oxime groups is 1. The monoisotopic (exact) mass is 547 g/mol. The van der Waals surface area contributed by atoms with Crippen LogP contribution in [0.5, 0.6) is 0 Å². The molecule has 1 aromatic heterocycles. The molecule has 2 aromatic rings. The van der Waals surface area contributed by atoms with Crippen molar-refractivity contribution in [2.45, 2.75) is 64.2 Å². The maximum absolute atomic E-state index is 14.6. The SMILES string of the molecule is CN1CCN(c2ccc(NC(=O)CCC[C@@H]3C/C(=N\O)[C@@]4(C)CCC5c6cccc(F)c6CCC5C34)nc2)CC1. The van der Waals surface area contributed by atoms with Crippen molar-refractivity contribution in [2.75, 3.05) is 43.4 Å². The summed E-state index contributed by atoms with van der Waals surface area (Å²) in [5.74, 6) is 2.08. The zero-order valence-electron chi connectivity index (χ0n) is 23.8. The van der Waals surface area contributed by atoms with Gasteiger partial charge >= 0.3 is 0 Å². The zero-order valence-corrected chi connectivity index (χ0v) is 23.8. The molecule has 0 radical (unpaired) electrons. The minimum absolute atomic E-state index is 0.0137. The van der Waals surface area contributed by atoms with Crippen molar-refractivity contribution in [1.82, 2.24) is 9.88 Å². The Morgan fingerprint density at radius 1 is 1.20 bits per heavy atom. The molecule has 3 fully saturated rings. The van der Waals surface area contributed by atoms with Gasteiger partial charge in [-0.15, -0.1) is 0 Å². The highest BCUT2D eigenvalue weighted by Crippen LogP contribution is 2.62. The van der Waals surface area contributed by atoms with Gasteiger partial charge in [-0.1, -0.05) is 24.2 Å². The summed E-state index contributed by atoms with van der Waals surface area (Å²) in [7, 11) is 2.14. The van der Waals surface area contributed by atoms with Gasteiger partial charge in [0.2, 0.25) is 5.91 Å². The maximum atomic E-state index is 14.6. The van der Waals surface area contributed by atoms with Crippen LogP contribution in [0.1, 0.15) is 68.9 Å². The maximum Gasteiger partial charge on any atom is 0.225 e. The molecule has 40 heavy (non-hydrogen) atoms. The summed E-state index contributed by atoms with van der Waals surface area (Å²) in [4.78, 5) is 22.0. The van der Waals surface area contributed by atoms with E-state index in [-0.39, 0.29) is 17.1 Å². The first-order chi connectivity index (χ1) is 19.4. The third-order valence-electron chi connectivity index (χ3n) is 10.6. The summed E-state index contributed by atoms with van der Waals surface area (Å²) < 4.78 is 14.6. The molecule has 2 heterocycles. The van der Waals surface area contributed by atoms with Crippen molar-refractivity contribution >= 4 is 23.1 Å². The molecule has 5 atom stereocenters. The van der Waals surface area contributed by atoms with Gasteiger partial charge in [-0.2, -0.15) is 0 Å². The fourth-order valence-electron chi connectivity index (χ4n) is 8.52. The normalized spacial score (nSPS) is 31.0. The molecule has 2 saturated carbocycles. The second kappa shape index (κ2) is 11.1. The molecule has 8 heteroatoms. The van der Waals surface area contributed by atoms with Crippen molar-refractivity contribution in [2.24, 2.45) is 28.3 Å². The molecule has 4 aliphatic rings. The number of hydrogen-bond acceptors (Lipinski definition) is 6. The third kappa shape index (κ3) is 5.00. The molecule has 7 nitrogen and oxygen atoms in total. The van der Waals surface area contributed by atoms with Crippen molar-refractivity contribution in [3.63, 3.8) is 0 Å². The van der Waals surface area contributed by atoms with Crippen LogP contribution >= 0.6 is 0 Å². The highest BCUT2D eigenvalue weighted by Gasteiger charge is 2.57. The second-order valence-corrected chi connectivity index (χ2v) is 12.7. The van der Waals surface area contributed by atoms with Gasteiger partial charge in [0.15, 0.2) is 0 Å². The number of piperazine rings is 1. The largest absolute Gasteiger partial charge is 0.411 e. The van der Waals surface area contributed by atoms with Crippen molar-refractivity contribution in [1.29, 1.82) is 0 Å². The molecular formula is C32H42FN5O2. The highest BCUT2D eigenvalue weighted by atomic mass is 19.1. The Kier molecular flexibility index (Phi) is 7.55. The fraction of sp³-hybridized carbons (Fsp3) is 0.594. The topological polar surface area (TPSA) is 81.1 Å². The predicted octanol–water partition coefficient (Wildman–Crippen LogP) is 5.69. The Morgan fingerprint density at radius 3 is 2.77 bits per heavy atom. The summed E-state index contributed by atoms with van der Waals surface area (Å²) in [6.45, 7) is 6.32. The molecular weight excluding hydrogens is 505 g/mol. The molecule has 3 aliphatic carbocycles. The van der Waals surface area contributed by atoms with Crippen molar-refractivity contribution in [3.05, 3.63) is 53.5 Å². The van der Waals surface area contributed by atoms with E-state index >= 15 is 0 Å². The molecule has 3 unspecified atom stereocenters. The molecule has 1 saturated heterocycles. The van der Waals surface area contributed by atoms with E-state index in [4.69, 9.17) is 0 Å². The molecule has 6 rings (SSSR count). The van der Waals surface area contributed by atoms with Crippen molar-refractivity contribution < 1.29 is 14.4 Å². The third-order valence-corrected chi connectivity index (χ3v) is 10.6. The lowest BCUT2D eigenvalue weighted by atomic mass is 9.54. The highest BCUT2D eigenvalue weighted by molar-refractivity contribution is 5.92. The summed E-state index contributed by atoms with van der Waals surface area (Å²) in [5.41, 5.74) is 3.98. The van der Waals surface area contributed by atoms with E-state index in [1.807, 2.05) is 24.4 Å². The summed E-state index contributed by atoms with van der Waals surface area (Å²) >= 11 is 0. The summed E-state index contributed by atoms with van der Waals surface area (Å²) in [5, 5.41) is 16.7. The summed E-state index contributed by atoms with van der Waals surface area (Å²) in [6, 6.07) is 9.49. The molecule has 1 amide bonds. The number of nitrogens with zero attached hydrogens (tertiary/aromatic N) is 4. The number of anilines is 2. The first kappa shape index (κ1) is 27.2. The van der Waals surface area contributed by atoms with E-state index in [1.54, 1.807) is 6.07 Å². The molecule has 214 valence electrons. The number of carbonyl (C=O) groups excluding carboxylic acids is 1. The predicted molar refractivity (Wildman–Crippen MR) is 156 cm³/mol. The van der Waals surface area contributed by atoms with E-state index in [9.17, 15) is 14.4 Å². The quantitative estimate of drug-likeness (QED) is 0.359. The molecule has 2 N–H and O–H groups in total. The lowest BCUT2D eigenvalue weighted by Crippen LogP contribution is -2.44. The van der Waals surface area contributed by atoms with Crippen LogP contribution in [0.15, 0.2) is 41.7 Å². The number of benzene rings is 1. The standard InChI is InChI=1S/C32H42FN5O2/c1-32-14-13-24-23-6-4-7-27(33)25(23)10-11-26(24)31(32)21(19-28(32)36-40)5-3-8-30(39)35-29-12-9-22(20-34-29)38-17-15-37(2)16-18-38/h4,6-7,9,12,20-21,24,26,31,40H,3,5,8,10-11,13-19H2,1-2H3,(H,34,35,39)/b36-28+/t21-,24?,26?,31?,32-/m1/s1. The van der Waals surface area contributed by atoms with Crippen molar-refractivity contribution in [3.8, 4) is 0 Å². The van der Waals surface area contributed by atoms with Crippen LogP contribution in [-0.2, 0) is 11.2 Å². The van der Waals surface area contributed by atoms with Gasteiger partial charge in [-0.25, -0.2) is 9.37 Å². The molecule has 1 aromatic carbocycles. The van der Waals surface area contributed by atoms with Gasteiger partial charge in [-0.3, -0.25) is 4.79 Å². The van der Waals surface area contributed by atoms with Crippen LogP contribution in [0.3, 0.4) is 0 Å². The van der Waals surface area contributed by atoms with Crippen LogP contribution < -0.4 is 10.2 Å². The molecule has 0 spiro atoms. The molecule has 1 aliphatic heterocycles. The Morgan fingerprint density at radius 2 is 2.02 bits per heavy atom. The van der Waals surface area contributed by atoms with Crippen LogP contribution in [0.25, 0.3) is 0 Å². The molecule has 0 bridgehead atoms. The van der Waals surface area contributed by atoms with Crippen LogP contribution in [0, 0.1) is 29.0 Å². The minimum atomic E-state index is -0.122. The lowest BCUT2D eigenvalue weighted by Gasteiger charge is -2.50. The number of halogens is 1. The Bertz CT molecular complexity index is 1260. The number of rotatable bonds is 6. The first-order valence-electron chi connectivity index (χ1n) is 15.1. The second-order valence-electron chi connectivity index (χ2n) is 12.7. The van der Waals surface area contributed by atoms with Gasteiger partial charge in [-0.05, 0) is 105 Å². The van der Waals surface area contributed by atoms with E-state index in [0.29, 0.717) is 35.9 Å². The van der Waals surface area contributed by atoms with Gasteiger partial charge < -0.3 is 20.3 Å². The van der Waals surface area contributed by atoms with Crippen LogP contribution in [-0.4, -0.2) is 59.9 Å². The number of amides is 1. The number of nitrogens with one attached hydrogen (secondary N) is 1. The van der Waals surface area contributed by atoms with Gasteiger partial charge in [0.25, 0.3) is 0 Å². The number of aromatic nitrogens is 1.